The van der Waals surface area contributed by atoms with Gasteiger partial charge in [-0.25, -0.2) is 0 Å². The molecular formula is C12H15BrF3NO2. The van der Waals surface area contributed by atoms with E-state index in [0.717, 1.165) is 0 Å². The predicted molar refractivity (Wildman–Crippen MR) is 69.5 cm³/mol. The molecule has 3 nitrogen and oxygen atoms in total. The lowest BCUT2D eigenvalue weighted by Crippen LogP contribution is -2.16. The molecule has 0 bridgehead atoms. The van der Waals surface area contributed by atoms with Crippen LogP contribution < -0.4 is 15.2 Å². The van der Waals surface area contributed by atoms with Gasteiger partial charge in [0.2, 0.25) is 0 Å². The third-order valence-electron chi connectivity index (χ3n) is 2.64. The van der Waals surface area contributed by atoms with Crippen molar-refractivity contribution in [1.82, 2.24) is 0 Å². The van der Waals surface area contributed by atoms with Crippen molar-refractivity contribution >= 4 is 15.9 Å². The maximum absolute atomic E-state index is 12.2. The summed E-state index contributed by atoms with van der Waals surface area (Å²) in [5.41, 5.74) is 6.35. The molecule has 0 aromatic heterocycles. The maximum Gasteiger partial charge on any atom is 0.389 e. The summed E-state index contributed by atoms with van der Waals surface area (Å²) in [5.74, 6) is 0.921. The first kappa shape index (κ1) is 16.1. The summed E-state index contributed by atoms with van der Waals surface area (Å²) in [4.78, 5) is 0. The molecule has 0 fully saturated rings. The van der Waals surface area contributed by atoms with Crippen molar-refractivity contribution in [2.45, 2.75) is 25.1 Å². The Morgan fingerprint density at radius 1 is 1.21 bits per heavy atom. The van der Waals surface area contributed by atoms with Crippen LogP contribution >= 0.6 is 15.9 Å². The third-order valence-corrected chi connectivity index (χ3v) is 3.33. The van der Waals surface area contributed by atoms with Crippen molar-refractivity contribution in [3.05, 3.63) is 22.2 Å². The Hall–Kier alpha value is -0.950. The van der Waals surface area contributed by atoms with Crippen LogP contribution in [0.4, 0.5) is 13.2 Å². The molecule has 19 heavy (non-hydrogen) atoms. The van der Waals surface area contributed by atoms with Crippen LogP contribution in [0, 0.1) is 0 Å². The Labute approximate surface area is 118 Å². The lowest BCUT2D eigenvalue weighted by molar-refractivity contribution is -0.136. The molecule has 2 N–H and O–H groups in total. The van der Waals surface area contributed by atoms with Gasteiger partial charge in [-0.1, -0.05) is 15.9 Å². The van der Waals surface area contributed by atoms with Crippen molar-refractivity contribution in [2.24, 2.45) is 5.73 Å². The first-order valence-corrected chi connectivity index (χ1v) is 6.31. The van der Waals surface area contributed by atoms with E-state index in [1.165, 1.54) is 14.2 Å². The van der Waals surface area contributed by atoms with Gasteiger partial charge in [-0.2, -0.15) is 13.2 Å². The average molecular weight is 342 g/mol. The summed E-state index contributed by atoms with van der Waals surface area (Å²) < 4.78 is 47.3. The standard InChI is InChI=1S/C12H15BrF3NO2/c1-18-10-5-7(8(13)6-11(10)19-2)9(17)3-4-12(14,15)16/h5-6,9H,3-4,17H2,1-2H3/t9-/m0/s1. The number of ether oxygens (including phenoxy) is 2. The van der Waals surface area contributed by atoms with E-state index in [-0.39, 0.29) is 6.42 Å². The molecule has 1 atom stereocenters. The molecule has 0 radical (unpaired) electrons. The molecule has 108 valence electrons. The highest BCUT2D eigenvalue weighted by Crippen LogP contribution is 2.37. The molecule has 1 aromatic rings. The molecule has 0 unspecified atom stereocenters. The summed E-state index contributed by atoms with van der Waals surface area (Å²) in [6.07, 6.45) is -5.31. The molecular weight excluding hydrogens is 327 g/mol. The second kappa shape index (κ2) is 6.47. The van der Waals surface area contributed by atoms with Gasteiger partial charge in [0.1, 0.15) is 0 Å². The SMILES string of the molecule is COc1cc(Br)c([C@@H](N)CCC(F)(F)F)cc1OC. The number of rotatable bonds is 5. The topological polar surface area (TPSA) is 44.5 Å². The van der Waals surface area contributed by atoms with Crippen molar-refractivity contribution in [3.63, 3.8) is 0 Å². The minimum atomic E-state index is -4.21. The second-order valence-electron chi connectivity index (χ2n) is 3.99. The second-order valence-corrected chi connectivity index (χ2v) is 4.84. The molecule has 0 aliphatic carbocycles. The van der Waals surface area contributed by atoms with Crippen molar-refractivity contribution in [2.75, 3.05) is 14.2 Å². The molecule has 0 spiro atoms. The lowest BCUT2D eigenvalue weighted by Gasteiger charge is -2.17. The van der Waals surface area contributed by atoms with Crippen LogP contribution in [-0.2, 0) is 0 Å². The first-order valence-electron chi connectivity index (χ1n) is 5.52. The van der Waals surface area contributed by atoms with Gasteiger partial charge in [-0.15, -0.1) is 0 Å². The molecule has 0 aliphatic heterocycles. The van der Waals surface area contributed by atoms with Crippen LogP contribution in [0.2, 0.25) is 0 Å². The molecule has 7 heteroatoms. The van der Waals surface area contributed by atoms with Crippen LogP contribution in [0.25, 0.3) is 0 Å². The van der Waals surface area contributed by atoms with Crippen molar-refractivity contribution in [3.8, 4) is 11.5 Å². The van der Waals surface area contributed by atoms with Gasteiger partial charge in [-0.3, -0.25) is 0 Å². The fourth-order valence-corrected chi connectivity index (χ4v) is 2.25. The number of alkyl halides is 3. The van der Waals surface area contributed by atoms with E-state index >= 15 is 0 Å². The number of methoxy groups -OCH3 is 2. The predicted octanol–water partition coefficient (Wildman–Crippen LogP) is 3.81. The van der Waals surface area contributed by atoms with Crippen LogP contribution in [0.3, 0.4) is 0 Å². The third kappa shape index (κ3) is 4.58. The average Bonchev–Trinajstić information content (AvgIpc) is 2.34. The fraction of sp³-hybridized carbons (Fsp3) is 0.500. The van der Waals surface area contributed by atoms with Crippen LogP contribution in [0.1, 0.15) is 24.4 Å². The maximum atomic E-state index is 12.2. The number of halogens is 4. The van der Waals surface area contributed by atoms with Gasteiger partial charge in [0, 0.05) is 16.9 Å². The molecule has 0 aliphatic rings. The zero-order valence-electron chi connectivity index (χ0n) is 10.6. The first-order chi connectivity index (χ1) is 8.78. The highest BCUT2D eigenvalue weighted by atomic mass is 79.9. The van der Waals surface area contributed by atoms with Gasteiger partial charge >= 0.3 is 6.18 Å². The van der Waals surface area contributed by atoms with E-state index in [9.17, 15) is 13.2 Å². The minimum absolute atomic E-state index is 0.183. The summed E-state index contributed by atoms with van der Waals surface area (Å²) in [6, 6.07) is 2.49. The normalized spacial score (nSPS) is 13.2. The van der Waals surface area contributed by atoms with E-state index in [1.807, 2.05) is 0 Å². The Morgan fingerprint density at radius 2 is 1.74 bits per heavy atom. The molecule has 0 saturated carbocycles. The zero-order valence-corrected chi connectivity index (χ0v) is 12.1. The van der Waals surface area contributed by atoms with E-state index in [1.54, 1.807) is 12.1 Å². The summed E-state index contributed by atoms with van der Waals surface area (Å²) in [5, 5.41) is 0. The van der Waals surface area contributed by atoms with Gasteiger partial charge in [0.15, 0.2) is 11.5 Å². The smallest absolute Gasteiger partial charge is 0.389 e. The number of benzene rings is 1. The van der Waals surface area contributed by atoms with Gasteiger partial charge in [-0.05, 0) is 24.1 Å². The monoisotopic (exact) mass is 341 g/mol. The molecule has 1 aromatic carbocycles. The Morgan fingerprint density at radius 3 is 2.21 bits per heavy atom. The summed E-state index contributed by atoms with van der Waals surface area (Å²) in [7, 11) is 2.93. The van der Waals surface area contributed by atoms with E-state index in [4.69, 9.17) is 15.2 Å². The van der Waals surface area contributed by atoms with Gasteiger partial charge in [0.05, 0.1) is 14.2 Å². The fourth-order valence-electron chi connectivity index (χ4n) is 1.63. The zero-order chi connectivity index (χ0) is 14.6. The lowest BCUT2D eigenvalue weighted by atomic mass is 10.0. The summed E-state index contributed by atoms with van der Waals surface area (Å²) >= 11 is 3.28. The van der Waals surface area contributed by atoms with E-state index in [0.29, 0.717) is 21.5 Å². The van der Waals surface area contributed by atoms with Crippen molar-refractivity contribution in [1.29, 1.82) is 0 Å². The number of hydrogen-bond donors (Lipinski definition) is 1. The quantitative estimate of drug-likeness (QED) is 0.885. The highest BCUT2D eigenvalue weighted by Gasteiger charge is 2.28. The molecule has 0 heterocycles. The van der Waals surface area contributed by atoms with Crippen LogP contribution in [0.15, 0.2) is 16.6 Å². The molecule has 0 amide bonds. The Kier molecular flexibility index (Phi) is 5.49. The highest BCUT2D eigenvalue weighted by molar-refractivity contribution is 9.10. The van der Waals surface area contributed by atoms with Gasteiger partial charge in [0.25, 0.3) is 0 Å². The number of nitrogens with two attached hydrogens (primary N) is 1. The van der Waals surface area contributed by atoms with Gasteiger partial charge < -0.3 is 15.2 Å². The van der Waals surface area contributed by atoms with Crippen molar-refractivity contribution < 1.29 is 22.6 Å². The van der Waals surface area contributed by atoms with Crippen LogP contribution in [-0.4, -0.2) is 20.4 Å². The Balaban J connectivity index is 2.93. The van der Waals surface area contributed by atoms with Crippen LogP contribution in [0.5, 0.6) is 11.5 Å². The summed E-state index contributed by atoms with van der Waals surface area (Å²) in [6.45, 7) is 0. The van der Waals surface area contributed by atoms with E-state index < -0.39 is 18.6 Å². The number of hydrogen-bond acceptors (Lipinski definition) is 3. The Bertz CT molecular complexity index is 438. The minimum Gasteiger partial charge on any atom is -0.493 e. The molecule has 0 saturated heterocycles. The largest absolute Gasteiger partial charge is 0.493 e. The molecule has 1 rings (SSSR count). The van der Waals surface area contributed by atoms with E-state index in [2.05, 4.69) is 15.9 Å².